The molecule has 0 bridgehead atoms. The van der Waals surface area contributed by atoms with Crippen molar-refractivity contribution in [3.05, 3.63) is 102 Å². The molecular formula is C41H46N6O4. The lowest BCUT2D eigenvalue weighted by atomic mass is 10.1. The van der Waals surface area contributed by atoms with E-state index in [1.807, 2.05) is 105 Å². The SMILES string of the molecule is C/C=C\C(=C/C)CCC(=O)N1CCC[C@H]1C(=O)Nc1ccc2[nH]c(-c3ccc(NC(=O)[C@@H]4CCCN4C(=O)CCc4ccccc4)cc3)nc2c1. The van der Waals surface area contributed by atoms with Crippen LogP contribution in [0.5, 0.6) is 0 Å². The third-order valence-corrected chi connectivity index (χ3v) is 9.78. The summed E-state index contributed by atoms with van der Waals surface area (Å²) in [6.07, 6.45) is 10.9. The molecule has 2 atom stereocenters. The Morgan fingerprint density at radius 1 is 0.784 bits per heavy atom. The Morgan fingerprint density at radius 3 is 2.06 bits per heavy atom. The van der Waals surface area contributed by atoms with E-state index in [4.69, 9.17) is 4.98 Å². The van der Waals surface area contributed by atoms with Crippen LogP contribution in [0.2, 0.25) is 0 Å². The van der Waals surface area contributed by atoms with Gasteiger partial charge in [-0.25, -0.2) is 4.98 Å². The van der Waals surface area contributed by atoms with E-state index in [9.17, 15) is 19.2 Å². The Balaban J connectivity index is 1.04. The fraction of sp³-hybridized carbons (Fsp3) is 0.341. The van der Waals surface area contributed by atoms with Crippen LogP contribution < -0.4 is 10.6 Å². The second kappa shape index (κ2) is 16.5. The monoisotopic (exact) mass is 686 g/mol. The molecule has 1 aromatic heterocycles. The summed E-state index contributed by atoms with van der Waals surface area (Å²) < 4.78 is 0. The molecule has 6 rings (SSSR count). The molecule has 2 saturated heterocycles. The largest absolute Gasteiger partial charge is 0.338 e. The van der Waals surface area contributed by atoms with E-state index in [1.165, 1.54) is 0 Å². The summed E-state index contributed by atoms with van der Waals surface area (Å²) in [6.45, 7) is 5.10. The van der Waals surface area contributed by atoms with Crippen LogP contribution in [-0.4, -0.2) is 68.6 Å². The first kappa shape index (κ1) is 35.3. The summed E-state index contributed by atoms with van der Waals surface area (Å²) in [6, 6.07) is 21.9. The minimum Gasteiger partial charge on any atom is -0.338 e. The number of allylic oxidation sites excluding steroid dienone is 4. The maximum absolute atomic E-state index is 13.3. The number of carbonyl (C=O) groups is 4. The van der Waals surface area contributed by atoms with E-state index >= 15 is 0 Å². The van der Waals surface area contributed by atoms with E-state index in [-0.39, 0.29) is 23.6 Å². The van der Waals surface area contributed by atoms with Gasteiger partial charge in [0.15, 0.2) is 0 Å². The number of nitrogens with zero attached hydrogens (tertiary/aromatic N) is 3. The highest BCUT2D eigenvalue weighted by Gasteiger charge is 2.35. The summed E-state index contributed by atoms with van der Waals surface area (Å²) >= 11 is 0. The molecule has 0 unspecified atom stereocenters. The number of rotatable bonds is 12. The average molecular weight is 687 g/mol. The van der Waals surface area contributed by atoms with Gasteiger partial charge in [-0.2, -0.15) is 0 Å². The van der Waals surface area contributed by atoms with Crippen molar-refractivity contribution in [1.29, 1.82) is 0 Å². The van der Waals surface area contributed by atoms with Crippen LogP contribution in [0.15, 0.2) is 96.6 Å². The molecule has 3 heterocycles. The molecule has 2 fully saturated rings. The third-order valence-electron chi connectivity index (χ3n) is 9.78. The van der Waals surface area contributed by atoms with Gasteiger partial charge in [0, 0.05) is 42.9 Å². The van der Waals surface area contributed by atoms with Gasteiger partial charge in [-0.05, 0) is 100 Å². The topological polar surface area (TPSA) is 128 Å². The fourth-order valence-electron chi connectivity index (χ4n) is 7.03. The molecule has 2 aliphatic rings. The van der Waals surface area contributed by atoms with Crippen LogP contribution in [0.1, 0.15) is 64.4 Å². The van der Waals surface area contributed by atoms with Crippen molar-refractivity contribution >= 4 is 46.0 Å². The molecule has 0 saturated carbocycles. The smallest absolute Gasteiger partial charge is 0.247 e. The van der Waals surface area contributed by atoms with Crippen molar-refractivity contribution < 1.29 is 19.2 Å². The molecule has 10 heteroatoms. The standard InChI is InChI=1S/C41H46N6O4/c1-3-10-28(4-2)15-23-37(48)47-26-9-14-36(47)41(51)43-32-21-22-33-34(27-32)45-39(44-33)30-17-19-31(20-18-30)42-40(50)35-13-8-25-46(35)38(49)24-16-29-11-6-5-7-12-29/h3-7,10-12,17-22,27,35-36H,8-9,13-16,23-26H2,1-2H3,(H,42,50)(H,43,51)(H,44,45)/b10-3-,28-4+/t35-,36-/m0/s1. The van der Waals surface area contributed by atoms with Crippen LogP contribution in [0, 0.1) is 0 Å². The molecule has 10 nitrogen and oxygen atoms in total. The van der Waals surface area contributed by atoms with Gasteiger partial charge in [0.1, 0.15) is 17.9 Å². The molecule has 0 aliphatic carbocycles. The number of aryl methyl sites for hydroxylation is 1. The van der Waals surface area contributed by atoms with Gasteiger partial charge in [-0.3, -0.25) is 19.2 Å². The molecule has 0 radical (unpaired) electrons. The maximum atomic E-state index is 13.3. The van der Waals surface area contributed by atoms with E-state index < -0.39 is 12.1 Å². The number of hydrogen-bond donors (Lipinski definition) is 3. The summed E-state index contributed by atoms with van der Waals surface area (Å²) in [5.74, 6) is 0.294. The van der Waals surface area contributed by atoms with Gasteiger partial charge in [0.2, 0.25) is 23.6 Å². The second-order valence-corrected chi connectivity index (χ2v) is 13.2. The predicted octanol–water partition coefficient (Wildman–Crippen LogP) is 7.02. The normalized spacial score (nSPS) is 17.7. The summed E-state index contributed by atoms with van der Waals surface area (Å²) in [7, 11) is 0. The molecule has 4 amide bonds. The minimum atomic E-state index is -0.491. The zero-order chi connectivity index (χ0) is 35.7. The first-order valence-electron chi connectivity index (χ1n) is 18.0. The van der Waals surface area contributed by atoms with Crippen LogP contribution in [-0.2, 0) is 25.6 Å². The first-order chi connectivity index (χ1) is 24.8. The van der Waals surface area contributed by atoms with Crippen molar-refractivity contribution in [2.24, 2.45) is 0 Å². The summed E-state index contributed by atoms with van der Waals surface area (Å²) in [4.78, 5) is 64.1. The summed E-state index contributed by atoms with van der Waals surface area (Å²) in [5.41, 5.74) is 5.83. The number of amides is 4. The zero-order valence-electron chi connectivity index (χ0n) is 29.4. The second-order valence-electron chi connectivity index (χ2n) is 13.2. The molecule has 3 aromatic carbocycles. The molecule has 51 heavy (non-hydrogen) atoms. The number of aromatic nitrogens is 2. The van der Waals surface area contributed by atoms with Crippen molar-refractivity contribution in [2.45, 2.75) is 77.3 Å². The number of benzene rings is 3. The number of likely N-dealkylation sites (tertiary alicyclic amines) is 2. The van der Waals surface area contributed by atoms with E-state index in [0.29, 0.717) is 74.3 Å². The number of imidazole rings is 1. The molecule has 0 spiro atoms. The van der Waals surface area contributed by atoms with E-state index in [1.54, 1.807) is 9.80 Å². The Bertz CT molecular complexity index is 1930. The molecule has 3 N–H and O–H groups in total. The van der Waals surface area contributed by atoms with Gasteiger partial charge < -0.3 is 25.4 Å². The van der Waals surface area contributed by atoms with Crippen molar-refractivity contribution in [1.82, 2.24) is 19.8 Å². The molecule has 4 aromatic rings. The number of carbonyl (C=O) groups excluding carboxylic acids is 4. The Hall–Kier alpha value is -5.51. The lowest BCUT2D eigenvalue weighted by molar-refractivity contribution is -0.136. The van der Waals surface area contributed by atoms with Crippen molar-refractivity contribution in [3.63, 3.8) is 0 Å². The number of fused-ring (bicyclic) bond motifs is 1. The van der Waals surface area contributed by atoms with Gasteiger partial charge in [-0.1, -0.05) is 54.1 Å². The van der Waals surface area contributed by atoms with E-state index in [2.05, 4.69) is 15.6 Å². The van der Waals surface area contributed by atoms with Gasteiger partial charge in [-0.15, -0.1) is 0 Å². The minimum absolute atomic E-state index is 0.000348. The average Bonchev–Trinajstić information content (AvgIpc) is 3.93. The van der Waals surface area contributed by atoms with Gasteiger partial charge in [0.05, 0.1) is 11.0 Å². The Labute approximate surface area is 299 Å². The lowest BCUT2D eigenvalue weighted by Crippen LogP contribution is -2.43. The predicted molar refractivity (Wildman–Crippen MR) is 201 cm³/mol. The molecular weight excluding hydrogens is 640 g/mol. The number of hydrogen-bond acceptors (Lipinski definition) is 5. The highest BCUT2D eigenvalue weighted by molar-refractivity contribution is 5.99. The van der Waals surface area contributed by atoms with E-state index in [0.717, 1.165) is 35.1 Å². The Kier molecular flexibility index (Phi) is 11.4. The number of anilines is 2. The maximum Gasteiger partial charge on any atom is 0.247 e. The number of nitrogens with one attached hydrogen (secondary N) is 3. The van der Waals surface area contributed by atoms with Crippen LogP contribution in [0.25, 0.3) is 22.4 Å². The molecule has 264 valence electrons. The summed E-state index contributed by atoms with van der Waals surface area (Å²) in [5, 5.41) is 6.00. The first-order valence-corrected chi connectivity index (χ1v) is 18.0. The quantitative estimate of drug-likeness (QED) is 0.138. The Morgan fingerprint density at radius 2 is 1.41 bits per heavy atom. The number of aromatic amines is 1. The molecule has 2 aliphatic heterocycles. The lowest BCUT2D eigenvalue weighted by Gasteiger charge is -2.24. The fourth-order valence-corrected chi connectivity index (χ4v) is 7.03. The van der Waals surface area contributed by atoms with Crippen molar-refractivity contribution in [3.8, 4) is 11.4 Å². The van der Waals surface area contributed by atoms with Crippen molar-refractivity contribution in [2.75, 3.05) is 23.7 Å². The zero-order valence-corrected chi connectivity index (χ0v) is 29.4. The highest BCUT2D eigenvalue weighted by Crippen LogP contribution is 2.27. The highest BCUT2D eigenvalue weighted by atomic mass is 16.2. The van der Waals surface area contributed by atoms with Crippen LogP contribution in [0.4, 0.5) is 11.4 Å². The third kappa shape index (κ3) is 8.63. The van der Waals surface area contributed by atoms with Gasteiger partial charge >= 0.3 is 0 Å². The van der Waals surface area contributed by atoms with Crippen LogP contribution in [0.3, 0.4) is 0 Å². The number of H-pyrrole nitrogens is 1. The van der Waals surface area contributed by atoms with Crippen LogP contribution >= 0.6 is 0 Å². The van der Waals surface area contributed by atoms with Gasteiger partial charge in [0.25, 0.3) is 0 Å².